The van der Waals surface area contributed by atoms with E-state index >= 15 is 0 Å². The molecule has 4 rings (SSSR count). The number of pyridine rings is 1. The molecule has 0 amide bonds. The maximum absolute atomic E-state index is 5.29. The molecule has 1 saturated heterocycles. The largest absolute Gasteiger partial charge is 0.337 e. The molecule has 0 aliphatic carbocycles. The van der Waals surface area contributed by atoms with Gasteiger partial charge in [-0.3, -0.25) is 14.6 Å². The van der Waals surface area contributed by atoms with Crippen LogP contribution in [-0.4, -0.2) is 42.9 Å². The molecule has 3 aromatic rings. The van der Waals surface area contributed by atoms with Crippen molar-refractivity contribution in [2.75, 3.05) is 13.1 Å². The van der Waals surface area contributed by atoms with Gasteiger partial charge < -0.3 is 4.52 Å². The van der Waals surface area contributed by atoms with Crippen LogP contribution in [0.25, 0.3) is 11.5 Å². The maximum atomic E-state index is 5.29. The van der Waals surface area contributed by atoms with Crippen molar-refractivity contribution in [3.63, 3.8) is 0 Å². The van der Waals surface area contributed by atoms with Gasteiger partial charge in [-0.2, -0.15) is 10.1 Å². The van der Waals surface area contributed by atoms with Gasteiger partial charge in [-0.05, 0) is 18.2 Å². The van der Waals surface area contributed by atoms with Crippen molar-refractivity contribution in [3.8, 4) is 11.5 Å². The van der Waals surface area contributed by atoms with Crippen molar-refractivity contribution >= 4 is 0 Å². The van der Waals surface area contributed by atoms with Gasteiger partial charge in [0.2, 0.25) is 11.7 Å². The zero-order valence-electron chi connectivity index (χ0n) is 11.3. The first-order valence-corrected chi connectivity index (χ1v) is 6.84. The second-order valence-electron chi connectivity index (χ2n) is 5.06. The first-order valence-electron chi connectivity index (χ1n) is 6.84. The topological polar surface area (TPSA) is 72.9 Å². The second-order valence-corrected chi connectivity index (χ2v) is 5.06. The highest BCUT2D eigenvalue weighted by molar-refractivity contribution is 5.46. The number of rotatable bonds is 4. The highest BCUT2D eigenvalue weighted by atomic mass is 16.5. The van der Waals surface area contributed by atoms with Crippen molar-refractivity contribution in [3.05, 3.63) is 48.7 Å². The van der Waals surface area contributed by atoms with E-state index in [1.165, 1.54) is 0 Å². The molecular formula is C14H14N6O. The summed E-state index contributed by atoms with van der Waals surface area (Å²) in [6.45, 7) is 2.56. The highest BCUT2D eigenvalue weighted by Gasteiger charge is 2.29. The lowest BCUT2D eigenvalue weighted by atomic mass is 10.1. The summed E-state index contributed by atoms with van der Waals surface area (Å²) in [6, 6.07) is 8.02. The predicted molar refractivity (Wildman–Crippen MR) is 74.1 cm³/mol. The SMILES string of the molecule is c1ccc(-c2noc(CN3CC(n4cccn4)C3)n2)nc1. The summed E-state index contributed by atoms with van der Waals surface area (Å²) in [6.07, 6.45) is 5.52. The second kappa shape index (κ2) is 5.10. The summed E-state index contributed by atoms with van der Waals surface area (Å²) < 4.78 is 7.28. The number of aromatic nitrogens is 5. The van der Waals surface area contributed by atoms with Gasteiger partial charge in [0, 0.05) is 31.7 Å². The molecule has 0 radical (unpaired) electrons. The third-order valence-electron chi connectivity index (χ3n) is 3.56. The predicted octanol–water partition coefficient (Wildman–Crippen LogP) is 1.38. The van der Waals surface area contributed by atoms with Crippen molar-refractivity contribution in [1.82, 2.24) is 29.8 Å². The Bertz CT molecular complexity index is 702. The fourth-order valence-electron chi connectivity index (χ4n) is 2.45. The van der Waals surface area contributed by atoms with Gasteiger partial charge in [0.05, 0.1) is 12.6 Å². The lowest BCUT2D eigenvalue weighted by Crippen LogP contribution is -2.47. The molecule has 0 spiro atoms. The Labute approximate surface area is 121 Å². The number of hydrogen-bond donors (Lipinski definition) is 0. The summed E-state index contributed by atoms with van der Waals surface area (Å²) in [5.74, 6) is 1.16. The van der Waals surface area contributed by atoms with E-state index in [9.17, 15) is 0 Å². The van der Waals surface area contributed by atoms with Gasteiger partial charge in [0.15, 0.2) is 0 Å². The zero-order valence-corrected chi connectivity index (χ0v) is 11.3. The van der Waals surface area contributed by atoms with Crippen LogP contribution < -0.4 is 0 Å². The molecule has 0 aromatic carbocycles. The van der Waals surface area contributed by atoms with Crippen LogP contribution in [0.1, 0.15) is 11.9 Å². The van der Waals surface area contributed by atoms with Crippen molar-refractivity contribution in [2.24, 2.45) is 0 Å². The van der Waals surface area contributed by atoms with Crippen LogP contribution in [-0.2, 0) is 6.54 Å². The summed E-state index contributed by atoms with van der Waals surface area (Å²) in [5.41, 5.74) is 0.727. The zero-order chi connectivity index (χ0) is 14.1. The normalized spacial score (nSPS) is 16.0. The number of nitrogens with zero attached hydrogens (tertiary/aromatic N) is 6. The highest BCUT2D eigenvalue weighted by Crippen LogP contribution is 2.22. The lowest BCUT2D eigenvalue weighted by molar-refractivity contribution is 0.0791. The van der Waals surface area contributed by atoms with Crippen LogP contribution in [0, 0.1) is 0 Å². The molecule has 21 heavy (non-hydrogen) atoms. The minimum Gasteiger partial charge on any atom is -0.337 e. The molecule has 7 nitrogen and oxygen atoms in total. The van der Waals surface area contributed by atoms with Gasteiger partial charge in [-0.25, -0.2) is 0 Å². The van der Waals surface area contributed by atoms with Crippen LogP contribution in [0.15, 0.2) is 47.4 Å². The Hall–Kier alpha value is -2.54. The average Bonchev–Trinajstić information content (AvgIpc) is 3.15. The molecule has 7 heteroatoms. The van der Waals surface area contributed by atoms with E-state index in [4.69, 9.17) is 4.52 Å². The van der Waals surface area contributed by atoms with Crippen molar-refractivity contribution < 1.29 is 4.52 Å². The van der Waals surface area contributed by atoms with E-state index in [0.29, 0.717) is 24.3 Å². The monoisotopic (exact) mass is 282 g/mol. The van der Waals surface area contributed by atoms with Crippen LogP contribution in [0.3, 0.4) is 0 Å². The van der Waals surface area contributed by atoms with Crippen LogP contribution >= 0.6 is 0 Å². The first kappa shape index (κ1) is 12.2. The molecule has 1 aliphatic rings. The Morgan fingerprint density at radius 2 is 2.14 bits per heavy atom. The average molecular weight is 282 g/mol. The molecule has 0 unspecified atom stereocenters. The summed E-state index contributed by atoms with van der Waals surface area (Å²) in [5, 5.41) is 8.23. The van der Waals surface area contributed by atoms with Crippen LogP contribution in [0.2, 0.25) is 0 Å². The first-order chi connectivity index (χ1) is 10.4. The van der Waals surface area contributed by atoms with E-state index < -0.39 is 0 Å². The number of likely N-dealkylation sites (tertiary alicyclic amines) is 1. The molecular weight excluding hydrogens is 268 g/mol. The third kappa shape index (κ3) is 2.43. The summed E-state index contributed by atoms with van der Waals surface area (Å²) in [7, 11) is 0. The quantitative estimate of drug-likeness (QED) is 0.720. The van der Waals surface area contributed by atoms with Gasteiger partial charge >= 0.3 is 0 Å². The Balaban J connectivity index is 1.38. The molecule has 0 saturated carbocycles. The molecule has 0 atom stereocenters. The fourth-order valence-corrected chi connectivity index (χ4v) is 2.45. The maximum Gasteiger partial charge on any atom is 0.241 e. The van der Waals surface area contributed by atoms with Gasteiger partial charge in [0.25, 0.3) is 0 Å². The third-order valence-corrected chi connectivity index (χ3v) is 3.56. The minimum atomic E-state index is 0.443. The van der Waals surface area contributed by atoms with E-state index in [-0.39, 0.29) is 0 Å². The minimum absolute atomic E-state index is 0.443. The van der Waals surface area contributed by atoms with E-state index in [1.54, 1.807) is 12.4 Å². The molecule has 1 aliphatic heterocycles. The van der Waals surface area contributed by atoms with E-state index in [2.05, 4.69) is 25.1 Å². The molecule has 3 aromatic heterocycles. The summed E-state index contributed by atoms with van der Waals surface area (Å²) in [4.78, 5) is 10.8. The molecule has 0 bridgehead atoms. The van der Waals surface area contributed by atoms with E-state index in [0.717, 1.165) is 18.8 Å². The molecule has 4 heterocycles. The van der Waals surface area contributed by atoms with Gasteiger partial charge in [-0.15, -0.1) is 0 Å². The molecule has 0 N–H and O–H groups in total. The van der Waals surface area contributed by atoms with Crippen LogP contribution in [0.5, 0.6) is 0 Å². The standard InChI is InChI=1S/C14H14N6O/c1-2-5-15-12(4-1)14-17-13(21-18-14)10-19-8-11(9-19)20-7-3-6-16-20/h1-7,11H,8-10H2. The lowest BCUT2D eigenvalue weighted by Gasteiger charge is -2.38. The number of hydrogen-bond acceptors (Lipinski definition) is 6. The van der Waals surface area contributed by atoms with Gasteiger partial charge in [0.1, 0.15) is 5.69 Å². The van der Waals surface area contributed by atoms with Crippen LogP contribution in [0.4, 0.5) is 0 Å². The Morgan fingerprint density at radius 3 is 2.90 bits per heavy atom. The van der Waals surface area contributed by atoms with Crippen molar-refractivity contribution in [2.45, 2.75) is 12.6 Å². The Kier molecular flexibility index (Phi) is 2.97. The molecule has 1 fully saturated rings. The van der Waals surface area contributed by atoms with Crippen molar-refractivity contribution in [1.29, 1.82) is 0 Å². The van der Waals surface area contributed by atoms with Gasteiger partial charge in [-0.1, -0.05) is 11.2 Å². The Morgan fingerprint density at radius 1 is 1.19 bits per heavy atom. The van der Waals surface area contributed by atoms with E-state index in [1.807, 2.05) is 35.1 Å². The molecule has 106 valence electrons. The smallest absolute Gasteiger partial charge is 0.241 e. The summed E-state index contributed by atoms with van der Waals surface area (Å²) >= 11 is 0. The fraction of sp³-hybridized carbons (Fsp3) is 0.286.